The molecule has 0 aliphatic carbocycles. The molecule has 0 saturated carbocycles. The van der Waals surface area contributed by atoms with Crippen LogP contribution in [0.15, 0.2) is 48.5 Å². The quantitative estimate of drug-likeness (QED) is 0.287. The van der Waals surface area contributed by atoms with Crippen LogP contribution in [-0.2, 0) is 19.5 Å². The minimum absolute atomic E-state index is 0. The Labute approximate surface area is 166 Å². The largest absolute Gasteiger partial charge is 0.355 e. The first-order chi connectivity index (χ1) is 11.8. The van der Waals surface area contributed by atoms with Crippen LogP contribution in [-0.4, -0.2) is 19.9 Å². The molecule has 5 rings (SSSR count). The molecule has 0 spiro atoms. The van der Waals surface area contributed by atoms with E-state index in [1.165, 1.54) is 0 Å². The Kier molecular flexibility index (Phi) is 5.31. The second kappa shape index (κ2) is 7.49. The zero-order chi connectivity index (χ0) is 15.9. The summed E-state index contributed by atoms with van der Waals surface area (Å²) < 4.78 is 0. The number of nitrogens with one attached hydrogen (secondary N) is 2. The van der Waals surface area contributed by atoms with Gasteiger partial charge < -0.3 is 9.97 Å². The second-order valence-electron chi connectivity index (χ2n) is 5.91. The van der Waals surface area contributed by atoms with E-state index < -0.39 is 0 Å². The van der Waals surface area contributed by atoms with Crippen LogP contribution in [0.5, 0.6) is 0 Å². The number of hydrogen-bond donors (Lipinski definition) is 2. The van der Waals surface area contributed by atoms with Crippen molar-refractivity contribution in [3.8, 4) is 0 Å². The third-order valence-electron chi connectivity index (χ3n) is 4.04. The van der Waals surface area contributed by atoms with Crippen molar-refractivity contribution < 1.29 is 19.5 Å². The van der Waals surface area contributed by atoms with Gasteiger partial charge in [-0.2, -0.15) is 9.90 Å². The predicted molar refractivity (Wildman–Crippen MR) is 110 cm³/mol. The van der Waals surface area contributed by atoms with Crippen LogP contribution in [0.25, 0.3) is 46.4 Å². The Bertz CT molecular complexity index is 996. The number of aromatic nitrogens is 4. The van der Waals surface area contributed by atoms with Gasteiger partial charge in [-0.25, -0.2) is 9.97 Å². The fourth-order valence-corrected chi connectivity index (χ4v) is 2.94. The summed E-state index contributed by atoms with van der Waals surface area (Å²) >= 11 is 0. The summed E-state index contributed by atoms with van der Waals surface area (Å²) in [6.45, 7) is 0. The van der Waals surface area contributed by atoms with Gasteiger partial charge in [-0.15, -0.1) is 0 Å². The summed E-state index contributed by atoms with van der Waals surface area (Å²) in [4.78, 5) is 16.0. The molecule has 0 saturated heterocycles. The van der Waals surface area contributed by atoms with Gasteiger partial charge in [-0.3, -0.25) is 0 Å². The maximum absolute atomic E-state index is 4.63. The van der Waals surface area contributed by atoms with Crippen molar-refractivity contribution in [1.82, 2.24) is 19.9 Å². The number of fused-ring (bicyclic) bond motifs is 8. The van der Waals surface area contributed by atoms with Gasteiger partial charge in [0.25, 0.3) is 0 Å². The van der Waals surface area contributed by atoms with Crippen LogP contribution in [0.2, 0.25) is 0 Å². The molecule has 6 heteroatoms. The number of rotatable bonds is 0. The molecule has 2 N–H and O–H groups in total. The maximum Gasteiger partial charge on any atom is 0.0658 e. The molecule has 3 aromatic heterocycles. The normalized spacial score (nSPS) is 11.7. The van der Waals surface area contributed by atoms with Crippen LogP contribution in [0.1, 0.15) is 22.8 Å². The predicted octanol–water partition coefficient (Wildman–Crippen LogP) is 4.71. The molecule has 1 unspecified atom stereocenters. The first-order valence-corrected chi connectivity index (χ1v) is 7.85. The minimum atomic E-state index is 0. The van der Waals surface area contributed by atoms with E-state index in [0.29, 0.717) is 0 Å². The zero-order valence-corrected chi connectivity index (χ0v) is 18.6. The van der Waals surface area contributed by atoms with Crippen LogP contribution in [0.4, 0.5) is 0 Å². The zero-order valence-electron chi connectivity index (χ0n) is 14.2. The van der Waals surface area contributed by atoms with Crippen LogP contribution in [0, 0.1) is 0 Å². The summed E-state index contributed by atoms with van der Waals surface area (Å²) in [6.07, 6.45) is 8.09. The van der Waals surface area contributed by atoms with Crippen molar-refractivity contribution in [2.24, 2.45) is 0 Å². The monoisotopic (exact) mass is 408 g/mol. The molecular formula is C20H17N4PZn. The van der Waals surface area contributed by atoms with Crippen molar-refractivity contribution in [2.75, 3.05) is 0 Å². The molecule has 26 heavy (non-hydrogen) atoms. The smallest absolute Gasteiger partial charge is 0.0658 e. The summed E-state index contributed by atoms with van der Waals surface area (Å²) in [5, 5.41) is 0. The van der Waals surface area contributed by atoms with E-state index in [2.05, 4.69) is 44.2 Å². The van der Waals surface area contributed by atoms with E-state index in [0.717, 1.165) is 44.8 Å². The molecule has 5 heterocycles. The van der Waals surface area contributed by atoms with Gasteiger partial charge in [-0.05, 0) is 72.8 Å². The molecule has 0 amide bonds. The summed E-state index contributed by atoms with van der Waals surface area (Å²) in [5.74, 6) is 0. The number of aromatic amines is 2. The number of nitrogens with zero attached hydrogens (tertiary/aromatic N) is 2. The van der Waals surface area contributed by atoms with Crippen LogP contribution < -0.4 is 0 Å². The molecule has 4 nitrogen and oxygen atoms in total. The third kappa shape index (κ3) is 3.75. The average molecular weight is 410 g/mol. The van der Waals surface area contributed by atoms with Gasteiger partial charge in [0.1, 0.15) is 0 Å². The van der Waals surface area contributed by atoms with E-state index in [1.54, 1.807) is 0 Å². The topological polar surface area (TPSA) is 57.4 Å². The minimum Gasteiger partial charge on any atom is -0.355 e. The van der Waals surface area contributed by atoms with Gasteiger partial charge in [-0.1, -0.05) is 0 Å². The van der Waals surface area contributed by atoms with Crippen LogP contribution >= 0.6 is 9.90 Å². The molecule has 8 bridgehead atoms. The summed E-state index contributed by atoms with van der Waals surface area (Å²) in [5.41, 5.74) is 7.86. The fraction of sp³-hybridized carbons (Fsp3) is 0. The van der Waals surface area contributed by atoms with Gasteiger partial charge in [0.15, 0.2) is 0 Å². The van der Waals surface area contributed by atoms with Crippen molar-refractivity contribution in [3.63, 3.8) is 0 Å². The van der Waals surface area contributed by atoms with Crippen LogP contribution in [0.3, 0.4) is 0 Å². The third-order valence-corrected chi connectivity index (χ3v) is 4.04. The van der Waals surface area contributed by atoms with Gasteiger partial charge in [0, 0.05) is 41.5 Å². The van der Waals surface area contributed by atoms with Crippen molar-refractivity contribution in [2.45, 2.75) is 0 Å². The molecule has 2 aliphatic rings. The van der Waals surface area contributed by atoms with Crippen molar-refractivity contribution in [3.05, 3.63) is 71.3 Å². The Hall–Kier alpha value is -2.35. The molecule has 2 aliphatic heterocycles. The Balaban J connectivity index is 0.000000980. The first kappa shape index (κ1) is 18.4. The van der Waals surface area contributed by atoms with Gasteiger partial charge in [0.2, 0.25) is 0 Å². The standard InChI is InChI=1S/C20H14N4.H3P.Zn/c1-2-14-10-16-5-6-18(23-16)12-20-8-7-19(24-20)11-17-4-3-15(22-17)9-13(1)21-14;;/h1-12,21,24H;1H3;. The van der Waals surface area contributed by atoms with E-state index in [9.17, 15) is 0 Å². The second-order valence-corrected chi connectivity index (χ2v) is 5.91. The van der Waals surface area contributed by atoms with E-state index in [4.69, 9.17) is 0 Å². The van der Waals surface area contributed by atoms with E-state index in [1.807, 2.05) is 48.6 Å². The Morgan fingerprint density at radius 3 is 1.04 bits per heavy atom. The molecule has 1 atom stereocenters. The Morgan fingerprint density at radius 2 is 0.769 bits per heavy atom. The van der Waals surface area contributed by atoms with E-state index in [-0.39, 0.29) is 29.4 Å². The van der Waals surface area contributed by atoms with Gasteiger partial charge >= 0.3 is 0 Å². The molecule has 3 aromatic rings. The van der Waals surface area contributed by atoms with E-state index >= 15 is 0 Å². The number of H-pyrrole nitrogens is 2. The first-order valence-electron chi connectivity index (χ1n) is 7.85. The van der Waals surface area contributed by atoms with Crippen molar-refractivity contribution in [1.29, 1.82) is 0 Å². The fourth-order valence-electron chi connectivity index (χ4n) is 2.94. The van der Waals surface area contributed by atoms with Gasteiger partial charge in [0.05, 0.1) is 22.8 Å². The summed E-state index contributed by atoms with van der Waals surface area (Å²) in [6, 6.07) is 16.4. The maximum atomic E-state index is 4.63. The molecule has 0 fully saturated rings. The molecule has 0 radical (unpaired) electrons. The molecule has 124 valence electrons. The number of hydrogen-bond acceptors (Lipinski definition) is 2. The van der Waals surface area contributed by atoms with Crippen molar-refractivity contribution >= 4 is 56.3 Å². The molecular weight excluding hydrogens is 393 g/mol. The average Bonchev–Trinajstić information content (AvgIpc) is 3.32. The SMILES string of the molecule is C1=Cc2cc3ccc(cc4nc(cc5ccc(cc1n2)[nH]5)C=C4)[nH]3.P.[Zn]. The molecule has 0 aromatic carbocycles. The Morgan fingerprint density at radius 1 is 0.500 bits per heavy atom. The summed E-state index contributed by atoms with van der Waals surface area (Å²) in [7, 11) is 0.